The molecule has 1 saturated heterocycles. The number of pyridine rings is 1. The lowest BCUT2D eigenvalue weighted by atomic mass is 9.66. The molecular formula is C28H35N7O. The molecule has 6 rings (SSSR count). The van der Waals surface area contributed by atoms with Crippen molar-refractivity contribution >= 4 is 23.4 Å². The zero-order valence-electron chi connectivity index (χ0n) is 21.7. The molecule has 2 aromatic rings. The molecule has 0 unspecified atom stereocenters. The summed E-state index contributed by atoms with van der Waals surface area (Å²) in [5.41, 5.74) is 1.55. The number of aromatic nitrogens is 3. The summed E-state index contributed by atoms with van der Waals surface area (Å²) >= 11 is 0. The third kappa shape index (κ3) is 3.47. The summed E-state index contributed by atoms with van der Waals surface area (Å²) < 4.78 is 0. The Morgan fingerprint density at radius 1 is 1.11 bits per heavy atom. The van der Waals surface area contributed by atoms with Crippen LogP contribution in [0.25, 0.3) is 0 Å². The van der Waals surface area contributed by atoms with E-state index < -0.39 is 0 Å². The van der Waals surface area contributed by atoms with Crippen molar-refractivity contribution in [2.24, 2.45) is 11.3 Å². The Balaban J connectivity index is 1.34. The predicted octanol–water partition coefficient (Wildman–Crippen LogP) is 4.18. The highest BCUT2D eigenvalue weighted by atomic mass is 16.2. The highest BCUT2D eigenvalue weighted by Gasteiger charge is 2.52. The SMILES string of the molecule is C[C@@H]1CN(c2ncnc3c2C2(CCC2)CN3c2cc(C#N)ccn2)[C@@H](C)CN1C(=O)C(C)(C)C1CC1. The van der Waals surface area contributed by atoms with E-state index in [0.717, 1.165) is 43.4 Å². The monoisotopic (exact) mass is 485 g/mol. The van der Waals surface area contributed by atoms with Gasteiger partial charge in [-0.3, -0.25) is 4.79 Å². The van der Waals surface area contributed by atoms with E-state index in [0.29, 0.717) is 23.9 Å². The molecule has 0 radical (unpaired) electrons. The summed E-state index contributed by atoms with van der Waals surface area (Å²) in [6.45, 7) is 10.9. The van der Waals surface area contributed by atoms with Gasteiger partial charge in [-0.25, -0.2) is 15.0 Å². The van der Waals surface area contributed by atoms with Gasteiger partial charge in [0.25, 0.3) is 0 Å². The summed E-state index contributed by atoms with van der Waals surface area (Å²) in [5, 5.41) is 9.42. The van der Waals surface area contributed by atoms with Crippen LogP contribution in [0.3, 0.4) is 0 Å². The standard InChI is InChI=1S/C28H35N7O/c1-18-15-34(26(36)27(3,4)21-6-7-21)19(2)14-33(18)24-23-25(32-17-31-24)35(16-28(23)9-5-10-28)22-12-20(13-29)8-11-30-22/h8,11-12,17-19,21H,5-7,9-10,14-16H2,1-4H3/t18-,19+/m0/s1. The fourth-order valence-electron chi connectivity index (χ4n) is 6.61. The van der Waals surface area contributed by atoms with Gasteiger partial charge in [0.1, 0.15) is 23.8 Å². The molecule has 4 aliphatic rings. The number of piperazine rings is 1. The Hall–Kier alpha value is -3.21. The maximum atomic E-state index is 13.5. The Bertz CT molecular complexity index is 1240. The second kappa shape index (κ2) is 8.16. The van der Waals surface area contributed by atoms with Crippen molar-refractivity contribution in [3.63, 3.8) is 0 Å². The lowest BCUT2D eigenvalue weighted by molar-refractivity contribution is -0.144. The topological polar surface area (TPSA) is 89.2 Å². The number of hydrogen-bond donors (Lipinski definition) is 0. The van der Waals surface area contributed by atoms with Crippen molar-refractivity contribution in [1.82, 2.24) is 19.9 Å². The van der Waals surface area contributed by atoms with Crippen LogP contribution in [0.4, 0.5) is 17.5 Å². The number of rotatable bonds is 4. The Labute approximate surface area is 213 Å². The number of carbonyl (C=O) groups is 1. The third-order valence-corrected chi connectivity index (χ3v) is 9.18. The summed E-state index contributed by atoms with van der Waals surface area (Å²) in [5.74, 6) is 3.50. The fourth-order valence-corrected chi connectivity index (χ4v) is 6.61. The Kier molecular flexibility index (Phi) is 5.26. The normalized spacial score (nSPS) is 24.9. The first-order valence-electron chi connectivity index (χ1n) is 13.3. The molecule has 2 saturated carbocycles. The van der Waals surface area contributed by atoms with Crippen LogP contribution in [0.1, 0.15) is 70.9 Å². The molecule has 8 nitrogen and oxygen atoms in total. The van der Waals surface area contributed by atoms with Crippen LogP contribution >= 0.6 is 0 Å². The molecule has 0 aromatic carbocycles. The lowest BCUT2D eigenvalue weighted by Crippen LogP contribution is -2.61. The minimum absolute atomic E-state index is 0.0140. The molecule has 4 heterocycles. The van der Waals surface area contributed by atoms with Gasteiger partial charge in [-0.2, -0.15) is 5.26 Å². The van der Waals surface area contributed by atoms with Crippen LogP contribution in [0.2, 0.25) is 0 Å². The molecular weight excluding hydrogens is 450 g/mol. The largest absolute Gasteiger partial charge is 0.350 e. The molecule has 2 aliphatic carbocycles. The van der Waals surface area contributed by atoms with Crippen molar-refractivity contribution < 1.29 is 4.79 Å². The van der Waals surface area contributed by atoms with Gasteiger partial charge >= 0.3 is 0 Å². The Morgan fingerprint density at radius 2 is 1.86 bits per heavy atom. The van der Waals surface area contributed by atoms with Crippen molar-refractivity contribution in [2.45, 2.75) is 77.3 Å². The summed E-state index contributed by atoms with van der Waals surface area (Å²) in [6, 6.07) is 6.08. The molecule has 0 N–H and O–H groups in total. The van der Waals surface area contributed by atoms with Gasteiger partial charge < -0.3 is 14.7 Å². The third-order valence-electron chi connectivity index (χ3n) is 9.18. The highest BCUT2D eigenvalue weighted by molar-refractivity contribution is 5.83. The van der Waals surface area contributed by atoms with E-state index in [1.165, 1.54) is 24.8 Å². The average Bonchev–Trinajstić information content (AvgIpc) is 3.65. The van der Waals surface area contributed by atoms with Gasteiger partial charge in [-0.15, -0.1) is 0 Å². The van der Waals surface area contributed by atoms with Crippen LogP contribution in [-0.2, 0) is 10.2 Å². The van der Waals surface area contributed by atoms with Crippen LogP contribution in [-0.4, -0.2) is 57.5 Å². The van der Waals surface area contributed by atoms with Crippen LogP contribution < -0.4 is 9.80 Å². The maximum Gasteiger partial charge on any atom is 0.228 e. The number of nitrogens with zero attached hydrogens (tertiary/aromatic N) is 7. The second-order valence-corrected chi connectivity index (χ2v) is 11.9. The first kappa shape index (κ1) is 23.2. The molecule has 0 bridgehead atoms. The van der Waals surface area contributed by atoms with Crippen LogP contribution in [0.5, 0.6) is 0 Å². The van der Waals surface area contributed by atoms with E-state index in [9.17, 15) is 10.1 Å². The fraction of sp³-hybridized carbons (Fsp3) is 0.607. The minimum Gasteiger partial charge on any atom is -0.350 e. The van der Waals surface area contributed by atoms with Crippen molar-refractivity contribution in [2.75, 3.05) is 29.4 Å². The molecule has 188 valence electrons. The minimum atomic E-state index is -0.284. The number of fused-ring (bicyclic) bond motifs is 2. The van der Waals surface area contributed by atoms with Gasteiger partial charge in [0, 0.05) is 54.3 Å². The van der Waals surface area contributed by atoms with E-state index in [1.54, 1.807) is 18.6 Å². The van der Waals surface area contributed by atoms with Crippen molar-refractivity contribution in [3.05, 3.63) is 35.8 Å². The van der Waals surface area contributed by atoms with E-state index in [1.807, 2.05) is 6.07 Å². The number of carbonyl (C=O) groups excluding carboxylic acids is 1. The van der Waals surface area contributed by atoms with E-state index >= 15 is 0 Å². The second-order valence-electron chi connectivity index (χ2n) is 11.9. The summed E-state index contributed by atoms with van der Waals surface area (Å²) in [7, 11) is 0. The molecule has 8 heteroatoms. The first-order valence-corrected chi connectivity index (χ1v) is 13.3. The van der Waals surface area contributed by atoms with Gasteiger partial charge in [-0.05, 0) is 57.6 Å². The van der Waals surface area contributed by atoms with E-state index in [4.69, 9.17) is 9.97 Å². The van der Waals surface area contributed by atoms with Crippen molar-refractivity contribution in [3.8, 4) is 6.07 Å². The highest BCUT2D eigenvalue weighted by Crippen LogP contribution is 2.56. The smallest absolute Gasteiger partial charge is 0.228 e. The van der Waals surface area contributed by atoms with E-state index in [2.05, 4.69) is 53.4 Å². The zero-order chi connectivity index (χ0) is 25.2. The Morgan fingerprint density at radius 3 is 2.53 bits per heavy atom. The molecule has 2 aromatic heterocycles. The number of nitriles is 1. The van der Waals surface area contributed by atoms with E-state index in [-0.39, 0.29) is 22.9 Å². The van der Waals surface area contributed by atoms with Gasteiger partial charge in [0.15, 0.2) is 0 Å². The van der Waals surface area contributed by atoms with Crippen LogP contribution in [0.15, 0.2) is 24.7 Å². The van der Waals surface area contributed by atoms with Gasteiger partial charge in [0.05, 0.1) is 11.6 Å². The van der Waals surface area contributed by atoms with Gasteiger partial charge in [-0.1, -0.05) is 20.3 Å². The quantitative estimate of drug-likeness (QED) is 0.642. The predicted molar refractivity (Wildman–Crippen MR) is 138 cm³/mol. The zero-order valence-corrected chi connectivity index (χ0v) is 21.7. The summed E-state index contributed by atoms with van der Waals surface area (Å²) in [4.78, 5) is 34.4. The maximum absolute atomic E-state index is 13.5. The molecule has 2 aliphatic heterocycles. The molecule has 36 heavy (non-hydrogen) atoms. The number of anilines is 3. The number of hydrogen-bond acceptors (Lipinski definition) is 7. The molecule has 2 atom stereocenters. The molecule has 1 spiro atoms. The summed E-state index contributed by atoms with van der Waals surface area (Å²) in [6.07, 6.45) is 9.10. The van der Waals surface area contributed by atoms with Gasteiger partial charge in [0.2, 0.25) is 5.91 Å². The number of amides is 1. The van der Waals surface area contributed by atoms with Crippen molar-refractivity contribution in [1.29, 1.82) is 5.26 Å². The molecule has 3 fully saturated rings. The first-order chi connectivity index (χ1) is 17.2. The van der Waals surface area contributed by atoms with Crippen LogP contribution in [0, 0.1) is 22.7 Å². The average molecular weight is 486 g/mol. The molecule has 1 amide bonds. The lowest BCUT2D eigenvalue weighted by Gasteiger charge is -2.48.